The van der Waals surface area contributed by atoms with Crippen LogP contribution in [0.2, 0.25) is 5.02 Å². The lowest BCUT2D eigenvalue weighted by Crippen LogP contribution is -2.50. The molecule has 3 rings (SSSR count). The van der Waals surface area contributed by atoms with Crippen LogP contribution in [0.4, 0.5) is 15.9 Å². The molecule has 0 atom stereocenters. The number of aliphatic hydroxyl groups excluding tert-OH is 1. The van der Waals surface area contributed by atoms with Gasteiger partial charge >= 0.3 is 5.97 Å². The van der Waals surface area contributed by atoms with Crippen molar-refractivity contribution in [2.45, 2.75) is 52.2 Å². The molecule has 212 valence electrons. The maximum Gasteiger partial charge on any atom is 0.320 e. The smallest absolute Gasteiger partial charge is 0.320 e. The highest BCUT2D eigenvalue weighted by molar-refractivity contribution is 6.31. The molecule has 2 aromatic carbocycles. The third-order valence-electron chi connectivity index (χ3n) is 5.92. The van der Waals surface area contributed by atoms with Gasteiger partial charge in [-0.3, -0.25) is 9.69 Å². The Morgan fingerprint density at radius 3 is 2.51 bits per heavy atom. The highest BCUT2D eigenvalue weighted by atomic mass is 35.5. The number of benzene rings is 2. The Labute approximate surface area is 233 Å². The van der Waals surface area contributed by atoms with Gasteiger partial charge in [-0.05, 0) is 65.3 Å². The monoisotopic (exact) mass is 562 g/mol. The van der Waals surface area contributed by atoms with Gasteiger partial charge in [0.15, 0.2) is 11.5 Å². The van der Waals surface area contributed by atoms with Gasteiger partial charge < -0.3 is 24.6 Å². The molecule has 0 bridgehead atoms. The Balaban J connectivity index is 1.74. The van der Waals surface area contributed by atoms with Crippen molar-refractivity contribution in [3.05, 3.63) is 47.5 Å². The van der Waals surface area contributed by atoms with E-state index in [-0.39, 0.29) is 24.1 Å². The van der Waals surface area contributed by atoms with E-state index >= 15 is 0 Å². The lowest BCUT2D eigenvalue weighted by atomic mass is 10.0. The molecular weight excluding hydrogens is 527 g/mol. The Morgan fingerprint density at radius 2 is 1.87 bits per heavy atom. The average molecular weight is 563 g/mol. The van der Waals surface area contributed by atoms with Crippen molar-refractivity contribution in [3.63, 3.8) is 0 Å². The third kappa shape index (κ3) is 8.39. The molecule has 39 heavy (non-hydrogen) atoms. The zero-order valence-electron chi connectivity index (χ0n) is 23.2. The molecule has 0 amide bonds. The van der Waals surface area contributed by atoms with Crippen molar-refractivity contribution in [2.24, 2.45) is 0 Å². The number of anilines is 2. The minimum Gasteiger partial charge on any atom is -0.493 e. The topological polar surface area (TPSA) is 106 Å². The van der Waals surface area contributed by atoms with Crippen molar-refractivity contribution >= 4 is 40.0 Å². The van der Waals surface area contributed by atoms with Crippen molar-refractivity contribution in [2.75, 3.05) is 38.7 Å². The summed E-state index contributed by atoms with van der Waals surface area (Å²) < 4.78 is 30.6. The van der Waals surface area contributed by atoms with Crippen molar-refractivity contribution in [1.29, 1.82) is 0 Å². The number of ether oxygens (including phenoxy) is 3. The normalized spacial score (nSPS) is 12.1. The summed E-state index contributed by atoms with van der Waals surface area (Å²) in [5, 5.41) is 13.7. The zero-order chi connectivity index (χ0) is 28.8. The molecular formula is C28H36ClFN4O5. The maximum absolute atomic E-state index is 13.6. The van der Waals surface area contributed by atoms with Crippen LogP contribution in [0.3, 0.4) is 0 Å². The SMILES string of the molecule is COc1cc2ncnc(Nc3ccc(F)c(Cl)c3)c2cc1OCCCN(CC(=O)OC(C)(C)C)C(C)(C)CO. The Kier molecular flexibility index (Phi) is 9.93. The molecule has 1 heterocycles. The molecule has 0 aliphatic rings. The van der Waals surface area contributed by atoms with E-state index in [0.717, 1.165) is 0 Å². The number of fused-ring (bicyclic) bond motifs is 1. The van der Waals surface area contributed by atoms with Crippen LogP contribution >= 0.6 is 11.6 Å². The molecule has 9 nitrogen and oxygen atoms in total. The lowest BCUT2D eigenvalue weighted by molar-refractivity contribution is -0.158. The molecule has 0 fully saturated rings. The number of aromatic nitrogens is 2. The number of hydrogen-bond donors (Lipinski definition) is 2. The van der Waals surface area contributed by atoms with Gasteiger partial charge in [-0.15, -0.1) is 0 Å². The number of halogens is 2. The van der Waals surface area contributed by atoms with Crippen LogP contribution in [0.1, 0.15) is 41.0 Å². The van der Waals surface area contributed by atoms with Gasteiger partial charge in [0.25, 0.3) is 0 Å². The molecule has 2 N–H and O–H groups in total. The van der Waals surface area contributed by atoms with Crippen LogP contribution < -0.4 is 14.8 Å². The summed E-state index contributed by atoms with van der Waals surface area (Å²) in [6.45, 7) is 9.92. The standard InChI is InChI=1S/C28H36ClFN4O5/c1-27(2,3)39-25(36)15-34(28(4,5)16-35)10-7-11-38-24-13-19-22(14-23(24)37-6)31-17-32-26(19)33-18-8-9-21(30)20(29)12-18/h8-9,12-14,17,35H,7,10-11,15-16H2,1-6H3,(H,31,32,33). The van der Waals surface area contributed by atoms with E-state index in [4.69, 9.17) is 25.8 Å². The molecule has 0 aliphatic carbocycles. The molecule has 0 saturated heterocycles. The number of nitrogens with one attached hydrogen (secondary N) is 1. The number of methoxy groups -OCH3 is 1. The van der Waals surface area contributed by atoms with Gasteiger partial charge in [-0.2, -0.15) is 0 Å². The minimum atomic E-state index is -0.626. The fraction of sp³-hybridized carbons (Fsp3) is 0.464. The largest absolute Gasteiger partial charge is 0.493 e. The second-order valence-electron chi connectivity index (χ2n) is 10.7. The minimum absolute atomic E-state index is 0.00542. The Bertz CT molecular complexity index is 1300. The molecule has 0 radical (unpaired) electrons. The molecule has 11 heteroatoms. The van der Waals surface area contributed by atoms with Crippen LogP contribution in [0.5, 0.6) is 11.5 Å². The molecule has 1 aromatic heterocycles. The van der Waals surface area contributed by atoms with E-state index in [1.807, 2.05) is 39.5 Å². The highest BCUT2D eigenvalue weighted by Gasteiger charge is 2.29. The second-order valence-corrected chi connectivity index (χ2v) is 11.1. The third-order valence-corrected chi connectivity index (χ3v) is 6.21. The molecule has 0 spiro atoms. The van der Waals surface area contributed by atoms with Crippen LogP contribution in [-0.4, -0.2) is 70.5 Å². The predicted molar refractivity (Wildman–Crippen MR) is 149 cm³/mol. The van der Waals surface area contributed by atoms with Gasteiger partial charge in [0.2, 0.25) is 0 Å². The highest BCUT2D eigenvalue weighted by Crippen LogP contribution is 2.35. The number of carbonyl (C=O) groups is 1. The first-order chi connectivity index (χ1) is 18.3. The first-order valence-corrected chi connectivity index (χ1v) is 13.0. The van der Waals surface area contributed by atoms with Gasteiger partial charge in [-0.1, -0.05) is 11.6 Å². The van der Waals surface area contributed by atoms with Crippen molar-refractivity contribution in [3.8, 4) is 11.5 Å². The quantitative estimate of drug-likeness (QED) is 0.223. The first kappa shape index (κ1) is 30.3. The zero-order valence-corrected chi connectivity index (χ0v) is 23.9. The Morgan fingerprint density at radius 1 is 1.13 bits per heavy atom. The van der Waals surface area contributed by atoms with Crippen LogP contribution in [0.25, 0.3) is 10.9 Å². The number of nitrogens with zero attached hydrogens (tertiary/aromatic N) is 3. The fourth-order valence-corrected chi connectivity index (χ4v) is 3.99. The van der Waals surface area contributed by atoms with Crippen molar-refractivity contribution in [1.82, 2.24) is 14.9 Å². The van der Waals surface area contributed by atoms with Gasteiger partial charge in [0, 0.05) is 29.2 Å². The molecule has 0 unspecified atom stereocenters. The summed E-state index contributed by atoms with van der Waals surface area (Å²) in [5.41, 5.74) is -0.0320. The summed E-state index contributed by atoms with van der Waals surface area (Å²) in [4.78, 5) is 23.0. The van der Waals surface area contributed by atoms with E-state index in [0.29, 0.717) is 53.5 Å². The molecule has 0 aliphatic heterocycles. The van der Waals surface area contributed by atoms with E-state index in [2.05, 4.69) is 15.3 Å². The number of rotatable bonds is 12. The van der Waals surface area contributed by atoms with Gasteiger partial charge in [-0.25, -0.2) is 14.4 Å². The van der Waals surface area contributed by atoms with E-state index in [1.165, 1.54) is 18.5 Å². The summed E-state index contributed by atoms with van der Waals surface area (Å²) in [6.07, 6.45) is 1.98. The predicted octanol–water partition coefficient (Wildman–Crippen LogP) is 5.36. The number of aliphatic hydroxyl groups is 1. The van der Waals surface area contributed by atoms with E-state index < -0.39 is 17.0 Å². The van der Waals surface area contributed by atoms with Gasteiger partial charge in [0.05, 0.1) is 37.4 Å². The first-order valence-electron chi connectivity index (χ1n) is 12.6. The van der Waals surface area contributed by atoms with E-state index in [1.54, 1.807) is 25.3 Å². The summed E-state index contributed by atoms with van der Waals surface area (Å²) >= 11 is 5.92. The number of hydrogen-bond acceptors (Lipinski definition) is 9. The number of esters is 1. The molecule has 3 aromatic rings. The summed E-state index contributed by atoms with van der Waals surface area (Å²) in [5.74, 6) is 0.604. The average Bonchev–Trinajstić information content (AvgIpc) is 2.86. The van der Waals surface area contributed by atoms with Crippen LogP contribution in [-0.2, 0) is 9.53 Å². The van der Waals surface area contributed by atoms with Crippen LogP contribution in [0.15, 0.2) is 36.7 Å². The summed E-state index contributed by atoms with van der Waals surface area (Å²) in [6, 6.07) is 7.84. The Hall–Kier alpha value is -3.21. The number of carbonyl (C=O) groups excluding carboxylic acids is 1. The van der Waals surface area contributed by atoms with Crippen molar-refractivity contribution < 1.29 is 28.5 Å². The fourth-order valence-electron chi connectivity index (χ4n) is 3.81. The van der Waals surface area contributed by atoms with Gasteiger partial charge in [0.1, 0.15) is 23.6 Å². The van der Waals surface area contributed by atoms with Crippen LogP contribution in [0, 0.1) is 5.82 Å². The lowest BCUT2D eigenvalue weighted by Gasteiger charge is -2.37. The maximum atomic E-state index is 13.6. The second kappa shape index (κ2) is 12.8. The summed E-state index contributed by atoms with van der Waals surface area (Å²) in [7, 11) is 1.54. The van der Waals surface area contributed by atoms with E-state index in [9.17, 15) is 14.3 Å². The molecule has 0 saturated carbocycles.